The van der Waals surface area contributed by atoms with Crippen LogP contribution in [0, 0.1) is 18.6 Å². The largest absolute Gasteiger partial charge is 0.462 e. The number of benzene rings is 2. The van der Waals surface area contributed by atoms with Crippen LogP contribution in [-0.2, 0) is 17.8 Å². The molecule has 31 heavy (non-hydrogen) atoms. The van der Waals surface area contributed by atoms with E-state index in [0.717, 1.165) is 6.07 Å². The summed E-state index contributed by atoms with van der Waals surface area (Å²) in [7, 11) is 0. The van der Waals surface area contributed by atoms with Gasteiger partial charge in [0, 0.05) is 12.0 Å². The first-order chi connectivity index (χ1) is 14.6. The first-order valence-corrected chi connectivity index (χ1v) is 9.84. The zero-order valence-corrected chi connectivity index (χ0v) is 17.1. The van der Waals surface area contributed by atoms with Crippen LogP contribution in [0.4, 0.5) is 8.78 Å². The molecule has 2 aromatic rings. The van der Waals surface area contributed by atoms with Gasteiger partial charge in [-0.3, -0.25) is 0 Å². The molecule has 5 N–H and O–H groups in total. The molecule has 0 radical (unpaired) electrons. The summed E-state index contributed by atoms with van der Waals surface area (Å²) in [6, 6.07) is 6.91. The van der Waals surface area contributed by atoms with Crippen molar-refractivity contribution < 1.29 is 43.8 Å². The molecule has 6 atom stereocenters. The Labute approximate surface area is 178 Å². The molecule has 0 spiro atoms. The summed E-state index contributed by atoms with van der Waals surface area (Å²) in [5.41, 5.74) is 1.02. The zero-order valence-electron chi connectivity index (χ0n) is 17.1. The van der Waals surface area contributed by atoms with Crippen LogP contribution in [-0.4, -0.2) is 62.3 Å². The minimum atomic E-state index is -1.71. The lowest BCUT2D eigenvalue weighted by atomic mass is 9.96. The van der Waals surface area contributed by atoms with Gasteiger partial charge in [-0.15, -0.1) is 0 Å². The quantitative estimate of drug-likeness (QED) is 0.453. The van der Waals surface area contributed by atoms with Gasteiger partial charge in [-0.05, 0) is 48.7 Å². The molecule has 0 aromatic heterocycles. The molecule has 2 aromatic carbocycles. The Morgan fingerprint density at radius 1 is 1.03 bits per heavy atom. The number of ether oxygens (including phenoxy) is 2. The van der Waals surface area contributed by atoms with E-state index in [2.05, 4.69) is 0 Å². The van der Waals surface area contributed by atoms with E-state index in [0.29, 0.717) is 5.56 Å². The predicted molar refractivity (Wildman–Crippen MR) is 105 cm³/mol. The van der Waals surface area contributed by atoms with Gasteiger partial charge in [-0.1, -0.05) is 12.1 Å². The standard InChI is InChI=1S/C22H26F2O7/c1-10-3-4-13(15(23)5-10)8-14-16(24)6-12(9-25)7-17(14)30-22-20(29)18(27)19(28)21(31-22)11(2)26/h3-7,11,18-22,25-29H,8-9H2,1-2H3/t11-,18+,19+,20-,21-,22-/m1/s1. The van der Waals surface area contributed by atoms with Gasteiger partial charge in [-0.2, -0.15) is 0 Å². The van der Waals surface area contributed by atoms with Crippen molar-refractivity contribution in [2.75, 3.05) is 0 Å². The fraction of sp³-hybridized carbons (Fsp3) is 0.455. The Kier molecular flexibility index (Phi) is 7.25. The number of aliphatic hydroxyl groups is 5. The lowest BCUT2D eigenvalue weighted by molar-refractivity contribution is -0.286. The molecule has 170 valence electrons. The van der Waals surface area contributed by atoms with Gasteiger partial charge in [0.05, 0.1) is 12.7 Å². The second-order valence-corrected chi connectivity index (χ2v) is 7.78. The van der Waals surface area contributed by atoms with Gasteiger partial charge in [0.2, 0.25) is 6.29 Å². The molecule has 1 aliphatic heterocycles. The van der Waals surface area contributed by atoms with Crippen LogP contribution in [0.1, 0.15) is 29.2 Å². The highest BCUT2D eigenvalue weighted by atomic mass is 19.1. The van der Waals surface area contributed by atoms with Gasteiger partial charge < -0.3 is 35.0 Å². The third-order valence-corrected chi connectivity index (χ3v) is 5.30. The smallest absolute Gasteiger partial charge is 0.229 e. The molecule has 0 amide bonds. The van der Waals surface area contributed by atoms with Crippen molar-refractivity contribution >= 4 is 0 Å². The van der Waals surface area contributed by atoms with Crippen molar-refractivity contribution in [2.24, 2.45) is 0 Å². The molecule has 0 unspecified atom stereocenters. The summed E-state index contributed by atoms with van der Waals surface area (Å²) in [4.78, 5) is 0. The van der Waals surface area contributed by atoms with Crippen LogP contribution in [0.15, 0.2) is 30.3 Å². The molecule has 9 heteroatoms. The van der Waals surface area contributed by atoms with Crippen LogP contribution >= 0.6 is 0 Å². The summed E-state index contributed by atoms with van der Waals surface area (Å²) in [6.45, 7) is 2.54. The van der Waals surface area contributed by atoms with Gasteiger partial charge in [0.25, 0.3) is 0 Å². The summed E-state index contributed by atoms with van der Waals surface area (Å²) in [6.07, 6.45) is -9.20. The Morgan fingerprint density at radius 2 is 1.74 bits per heavy atom. The Balaban J connectivity index is 1.96. The molecule has 0 saturated carbocycles. The average Bonchev–Trinajstić information content (AvgIpc) is 2.71. The second kappa shape index (κ2) is 9.56. The van der Waals surface area contributed by atoms with E-state index < -0.39 is 55.1 Å². The molecule has 0 aliphatic carbocycles. The molecular weight excluding hydrogens is 414 g/mol. The highest BCUT2D eigenvalue weighted by Crippen LogP contribution is 2.32. The maximum absolute atomic E-state index is 14.8. The van der Waals surface area contributed by atoms with Gasteiger partial charge in [-0.25, -0.2) is 8.78 Å². The van der Waals surface area contributed by atoms with Crippen molar-refractivity contribution in [1.82, 2.24) is 0 Å². The summed E-state index contributed by atoms with van der Waals surface area (Å²) in [5.74, 6) is -1.43. The van der Waals surface area contributed by atoms with E-state index in [-0.39, 0.29) is 28.9 Å². The number of aryl methyl sites for hydroxylation is 1. The SMILES string of the molecule is Cc1ccc(Cc2c(F)cc(CO)cc2O[C@@H]2O[C@H]([C@@H](C)O)[C@@H](O)[C@H](O)[C@H]2O)c(F)c1. The molecule has 1 aliphatic rings. The Morgan fingerprint density at radius 3 is 2.35 bits per heavy atom. The fourth-order valence-electron chi connectivity index (χ4n) is 3.51. The van der Waals surface area contributed by atoms with Crippen LogP contribution in [0.25, 0.3) is 0 Å². The predicted octanol–water partition coefficient (Wildman–Crippen LogP) is 0.924. The maximum atomic E-state index is 14.8. The summed E-state index contributed by atoms with van der Waals surface area (Å²) < 4.78 is 40.2. The lowest BCUT2D eigenvalue weighted by Gasteiger charge is -2.41. The first kappa shape index (κ1) is 23.5. The second-order valence-electron chi connectivity index (χ2n) is 7.78. The highest BCUT2D eigenvalue weighted by Gasteiger charge is 2.46. The molecule has 1 fully saturated rings. The first-order valence-electron chi connectivity index (χ1n) is 9.84. The van der Waals surface area contributed by atoms with Crippen molar-refractivity contribution in [3.8, 4) is 5.75 Å². The summed E-state index contributed by atoms with van der Waals surface area (Å²) >= 11 is 0. The highest BCUT2D eigenvalue weighted by molar-refractivity contribution is 5.42. The van der Waals surface area contributed by atoms with Crippen molar-refractivity contribution in [2.45, 2.75) is 63.7 Å². The van der Waals surface area contributed by atoms with Crippen molar-refractivity contribution in [1.29, 1.82) is 0 Å². The number of hydrogen-bond donors (Lipinski definition) is 5. The van der Waals surface area contributed by atoms with Gasteiger partial charge in [0.1, 0.15) is 41.8 Å². The van der Waals surface area contributed by atoms with E-state index in [9.17, 15) is 34.3 Å². The number of aliphatic hydroxyl groups excluding tert-OH is 5. The fourth-order valence-corrected chi connectivity index (χ4v) is 3.51. The minimum absolute atomic E-state index is 0.0510. The van der Waals surface area contributed by atoms with Crippen LogP contribution < -0.4 is 4.74 Å². The van der Waals surface area contributed by atoms with Gasteiger partial charge >= 0.3 is 0 Å². The van der Waals surface area contributed by atoms with E-state index in [1.54, 1.807) is 13.0 Å². The summed E-state index contributed by atoms with van der Waals surface area (Å²) in [5, 5.41) is 49.6. The molecule has 0 bridgehead atoms. The minimum Gasteiger partial charge on any atom is -0.462 e. The van der Waals surface area contributed by atoms with E-state index in [1.165, 1.54) is 25.1 Å². The van der Waals surface area contributed by atoms with E-state index in [4.69, 9.17) is 9.47 Å². The average molecular weight is 440 g/mol. The third kappa shape index (κ3) is 5.03. The van der Waals surface area contributed by atoms with Gasteiger partial charge in [0.15, 0.2) is 0 Å². The topological polar surface area (TPSA) is 120 Å². The molecule has 1 saturated heterocycles. The zero-order chi connectivity index (χ0) is 22.9. The third-order valence-electron chi connectivity index (χ3n) is 5.30. The van der Waals surface area contributed by atoms with Crippen LogP contribution in [0.3, 0.4) is 0 Å². The number of hydrogen-bond acceptors (Lipinski definition) is 7. The van der Waals surface area contributed by atoms with Crippen molar-refractivity contribution in [3.05, 3.63) is 64.2 Å². The molecule has 1 heterocycles. The molecule has 7 nitrogen and oxygen atoms in total. The van der Waals surface area contributed by atoms with Crippen molar-refractivity contribution in [3.63, 3.8) is 0 Å². The molecular formula is C22H26F2O7. The van der Waals surface area contributed by atoms with Crippen LogP contribution in [0.2, 0.25) is 0 Å². The Bertz CT molecular complexity index is 921. The molecule has 3 rings (SSSR count). The number of halogens is 2. The van der Waals surface area contributed by atoms with E-state index >= 15 is 0 Å². The lowest BCUT2D eigenvalue weighted by Crippen LogP contribution is -2.61. The monoisotopic (exact) mass is 440 g/mol. The number of rotatable bonds is 6. The van der Waals surface area contributed by atoms with E-state index in [1.807, 2.05) is 0 Å². The normalized spacial score (nSPS) is 27.2. The maximum Gasteiger partial charge on any atom is 0.229 e. The van der Waals surface area contributed by atoms with Crippen LogP contribution in [0.5, 0.6) is 5.75 Å². The Hall–Kier alpha value is -2.14.